The number of aromatic nitrogens is 2. The van der Waals surface area contributed by atoms with Gasteiger partial charge in [0.15, 0.2) is 0 Å². The van der Waals surface area contributed by atoms with Crippen LogP contribution in [0.15, 0.2) is 12.4 Å². The van der Waals surface area contributed by atoms with E-state index < -0.39 is 0 Å². The number of hydrogen-bond acceptors (Lipinski definition) is 3. The molecule has 4 nitrogen and oxygen atoms in total. The van der Waals surface area contributed by atoms with Crippen LogP contribution >= 0.6 is 0 Å². The second-order valence-corrected chi connectivity index (χ2v) is 5.31. The lowest BCUT2D eigenvalue weighted by Gasteiger charge is -2.27. The molecular weight excluding hydrogens is 224 g/mol. The van der Waals surface area contributed by atoms with Gasteiger partial charge in [0.2, 0.25) is 0 Å². The Balaban J connectivity index is 2.37. The zero-order valence-corrected chi connectivity index (χ0v) is 12.5. The normalized spacial score (nSPS) is 15.0. The molecular formula is C14H28N4. The minimum atomic E-state index is 0.557. The van der Waals surface area contributed by atoms with Crippen LogP contribution in [0.25, 0.3) is 0 Å². The molecule has 1 aromatic rings. The molecule has 2 atom stereocenters. The average Bonchev–Trinajstić information content (AvgIpc) is 2.72. The second-order valence-electron chi connectivity index (χ2n) is 5.31. The smallest absolute Gasteiger partial charge is 0.122 e. The quantitative estimate of drug-likeness (QED) is 0.768. The lowest BCUT2D eigenvalue weighted by atomic mass is 10.1. The Bertz CT molecular complexity index is 334. The van der Waals surface area contributed by atoms with Crippen molar-refractivity contribution in [1.82, 2.24) is 19.8 Å². The predicted octanol–water partition coefficient (Wildman–Crippen LogP) is 2.02. The van der Waals surface area contributed by atoms with Crippen LogP contribution < -0.4 is 5.32 Å². The van der Waals surface area contributed by atoms with Crippen molar-refractivity contribution in [3.8, 4) is 0 Å². The Hall–Kier alpha value is -0.870. The molecule has 0 saturated heterocycles. The van der Waals surface area contributed by atoms with Crippen LogP contribution in [-0.4, -0.2) is 40.1 Å². The first-order chi connectivity index (χ1) is 8.54. The number of hydrogen-bond donors (Lipinski definition) is 1. The molecule has 2 unspecified atom stereocenters. The van der Waals surface area contributed by atoms with Crippen molar-refractivity contribution < 1.29 is 0 Å². The highest BCUT2D eigenvalue weighted by atomic mass is 15.2. The van der Waals surface area contributed by atoms with Crippen molar-refractivity contribution in [2.75, 3.05) is 13.6 Å². The maximum atomic E-state index is 4.37. The van der Waals surface area contributed by atoms with Crippen molar-refractivity contribution >= 4 is 0 Å². The van der Waals surface area contributed by atoms with Crippen LogP contribution in [0.3, 0.4) is 0 Å². The van der Waals surface area contributed by atoms with E-state index in [1.54, 1.807) is 0 Å². The largest absolute Gasteiger partial charge is 0.337 e. The van der Waals surface area contributed by atoms with Gasteiger partial charge in [-0.15, -0.1) is 0 Å². The Kier molecular flexibility index (Phi) is 6.36. The molecule has 0 aliphatic carbocycles. The minimum absolute atomic E-state index is 0.557. The van der Waals surface area contributed by atoms with Crippen LogP contribution in [0.4, 0.5) is 0 Å². The lowest BCUT2D eigenvalue weighted by Crippen LogP contribution is -2.37. The van der Waals surface area contributed by atoms with E-state index in [9.17, 15) is 0 Å². The van der Waals surface area contributed by atoms with Crippen molar-refractivity contribution in [3.63, 3.8) is 0 Å². The molecule has 4 heteroatoms. The molecule has 0 saturated carbocycles. The summed E-state index contributed by atoms with van der Waals surface area (Å²) in [5, 5.41) is 3.54. The third-order valence-corrected chi connectivity index (χ3v) is 3.50. The molecule has 104 valence electrons. The molecule has 0 aliphatic rings. The molecule has 18 heavy (non-hydrogen) atoms. The second kappa shape index (κ2) is 7.54. The van der Waals surface area contributed by atoms with Gasteiger partial charge < -0.3 is 9.88 Å². The Morgan fingerprint density at radius 3 is 2.72 bits per heavy atom. The van der Waals surface area contributed by atoms with Gasteiger partial charge in [0, 0.05) is 31.5 Å². The Morgan fingerprint density at radius 2 is 2.17 bits per heavy atom. The van der Waals surface area contributed by atoms with E-state index >= 15 is 0 Å². The molecule has 1 rings (SSSR count). The summed E-state index contributed by atoms with van der Waals surface area (Å²) in [6, 6.07) is 1.13. The third-order valence-electron chi connectivity index (χ3n) is 3.50. The number of rotatable bonds is 8. The molecule has 1 N–H and O–H groups in total. The highest BCUT2D eigenvalue weighted by Gasteiger charge is 2.14. The molecule has 1 aromatic heterocycles. The van der Waals surface area contributed by atoms with Gasteiger partial charge in [-0.3, -0.25) is 4.90 Å². The highest BCUT2D eigenvalue weighted by Crippen LogP contribution is 2.08. The molecule has 0 radical (unpaired) electrons. The van der Waals surface area contributed by atoms with Gasteiger partial charge in [-0.1, -0.05) is 6.92 Å². The van der Waals surface area contributed by atoms with Gasteiger partial charge in [-0.05, 0) is 40.3 Å². The zero-order valence-electron chi connectivity index (χ0n) is 12.5. The van der Waals surface area contributed by atoms with E-state index in [1.807, 2.05) is 19.4 Å². The lowest BCUT2D eigenvalue weighted by molar-refractivity contribution is 0.216. The third kappa shape index (κ3) is 4.78. The van der Waals surface area contributed by atoms with Gasteiger partial charge in [-0.25, -0.2) is 4.98 Å². The molecule has 0 fully saturated rings. The molecule has 1 heterocycles. The number of nitrogens with one attached hydrogen (secondary N) is 1. The van der Waals surface area contributed by atoms with Crippen molar-refractivity contribution in [1.29, 1.82) is 0 Å². The standard InChI is InChI=1S/C14H28N4/c1-6-7-15-12(2)10-13(3)18(5)11-14-16-8-9-17(14)4/h8-9,12-13,15H,6-7,10-11H2,1-5H3. The molecule has 0 aromatic carbocycles. The Morgan fingerprint density at radius 1 is 1.44 bits per heavy atom. The minimum Gasteiger partial charge on any atom is -0.337 e. The van der Waals surface area contributed by atoms with Gasteiger partial charge in [0.05, 0.1) is 6.54 Å². The maximum absolute atomic E-state index is 4.37. The van der Waals surface area contributed by atoms with Crippen LogP contribution in [-0.2, 0) is 13.6 Å². The number of imidazole rings is 1. The van der Waals surface area contributed by atoms with E-state index in [0.29, 0.717) is 12.1 Å². The Labute approximate surface area is 111 Å². The molecule has 0 bridgehead atoms. The molecule has 0 amide bonds. The summed E-state index contributed by atoms with van der Waals surface area (Å²) in [6.45, 7) is 8.77. The predicted molar refractivity (Wildman–Crippen MR) is 76.5 cm³/mol. The topological polar surface area (TPSA) is 33.1 Å². The van der Waals surface area contributed by atoms with Crippen LogP contribution in [0.2, 0.25) is 0 Å². The average molecular weight is 252 g/mol. The first kappa shape index (κ1) is 15.2. The monoisotopic (exact) mass is 252 g/mol. The molecule has 0 spiro atoms. The maximum Gasteiger partial charge on any atom is 0.122 e. The highest BCUT2D eigenvalue weighted by molar-refractivity contribution is 4.91. The van der Waals surface area contributed by atoms with E-state index in [2.05, 4.69) is 47.6 Å². The van der Waals surface area contributed by atoms with Crippen LogP contribution in [0.5, 0.6) is 0 Å². The first-order valence-corrected chi connectivity index (χ1v) is 6.94. The first-order valence-electron chi connectivity index (χ1n) is 6.94. The number of nitrogens with zero attached hydrogens (tertiary/aromatic N) is 3. The van der Waals surface area contributed by atoms with Crippen LogP contribution in [0.1, 0.15) is 39.4 Å². The fourth-order valence-corrected chi connectivity index (χ4v) is 2.09. The van der Waals surface area contributed by atoms with Gasteiger partial charge in [0.25, 0.3) is 0 Å². The summed E-state index contributed by atoms with van der Waals surface area (Å²) in [5.41, 5.74) is 0. The fraction of sp³-hybridized carbons (Fsp3) is 0.786. The van der Waals surface area contributed by atoms with Crippen molar-refractivity contribution in [3.05, 3.63) is 18.2 Å². The number of aryl methyl sites for hydroxylation is 1. The summed E-state index contributed by atoms with van der Waals surface area (Å²) in [6.07, 6.45) is 6.22. The fourth-order valence-electron chi connectivity index (χ4n) is 2.09. The molecule has 0 aliphatic heterocycles. The van der Waals surface area contributed by atoms with Gasteiger partial charge in [0.1, 0.15) is 5.82 Å². The SMILES string of the molecule is CCCNC(C)CC(C)N(C)Cc1nccn1C. The van der Waals surface area contributed by atoms with Gasteiger partial charge in [-0.2, -0.15) is 0 Å². The van der Waals surface area contributed by atoms with Gasteiger partial charge >= 0.3 is 0 Å². The van der Waals surface area contributed by atoms with E-state index in [1.165, 1.54) is 12.8 Å². The van der Waals surface area contributed by atoms with Crippen molar-refractivity contribution in [2.24, 2.45) is 7.05 Å². The van der Waals surface area contributed by atoms with Crippen LogP contribution in [0, 0.1) is 0 Å². The summed E-state index contributed by atoms with van der Waals surface area (Å²) >= 11 is 0. The summed E-state index contributed by atoms with van der Waals surface area (Å²) < 4.78 is 2.09. The van der Waals surface area contributed by atoms with E-state index in [-0.39, 0.29) is 0 Å². The summed E-state index contributed by atoms with van der Waals surface area (Å²) in [5.74, 6) is 1.12. The van der Waals surface area contributed by atoms with E-state index in [4.69, 9.17) is 0 Å². The summed E-state index contributed by atoms with van der Waals surface area (Å²) in [4.78, 5) is 6.74. The zero-order chi connectivity index (χ0) is 13.5. The van der Waals surface area contributed by atoms with Crippen molar-refractivity contribution in [2.45, 2.75) is 52.2 Å². The van der Waals surface area contributed by atoms with E-state index in [0.717, 1.165) is 18.9 Å². The summed E-state index contributed by atoms with van der Waals surface area (Å²) in [7, 11) is 4.22.